The summed E-state index contributed by atoms with van der Waals surface area (Å²) in [4.78, 5) is 16.2. The van der Waals surface area contributed by atoms with Gasteiger partial charge in [0.1, 0.15) is 0 Å². The molecule has 0 bridgehead atoms. The van der Waals surface area contributed by atoms with Crippen LogP contribution in [0.25, 0.3) is 27.7 Å². The van der Waals surface area contributed by atoms with Crippen LogP contribution in [0.5, 0.6) is 0 Å². The largest absolute Gasteiger partial charge is 0.317 e. The summed E-state index contributed by atoms with van der Waals surface area (Å²) in [6.45, 7) is 10.5. The molecule has 3 aromatic heterocycles. The van der Waals surface area contributed by atoms with E-state index in [1.807, 2.05) is 52.1 Å². The maximum absolute atomic E-state index is 11.7. The number of aromatic amines is 1. The molecule has 7 nitrogen and oxygen atoms in total. The molecule has 7 heteroatoms. The van der Waals surface area contributed by atoms with E-state index in [0.29, 0.717) is 5.39 Å². The van der Waals surface area contributed by atoms with Crippen LogP contribution < -0.4 is 10.9 Å². The van der Waals surface area contributed by atoms with E-state index in [4.69, 9.17) is 0 Å². The molecule has 30 heavy (non-hydrogen) atoms. The molecule has 0 radical (unpaired) electrons. The molecule has 1 aliphatic rings. The van der Waals surface area contributed by atoms with E-state index >= 15 is 0 Å². The van der Waals surface area contributed by atoms with Crippen LogP contribution in [0.2, 0.25) is 0 Å². The van der Waals surface area contributed by atoms with Gasteiger partial charge >= 0.3 is 0 Å². The molecule has 0 aliphatic carbocycles. The first-order chi connectivity index (χ1) is 14.6. The highest BCUT2D eigenvalue weighted by molar-refractivity contribution is 5.85. The molecule has 0 saturated carbocycles. The van der Waals surface area contributed by atoms with E-state index in [0.717, 1.165) is 33.5 Å². The second kappa shape index (κ2) is 10.1. The Bertz CT molecular complexity index is 1160. The van der Waals surface area contributed by atoms with Crippen molar-refractivity contribution in [3.63, 3.8) is 0 Å². The Morgan fingerprint density at radius 2 is 1.80 bits per heavy atom. The number of aromatic nitrogens is 5. The summed E-state index contributed by atoms with van der Waals surface area (Å²) in [6.07, 6.45) is 7.76. The monoisotopic (exact) mass is 406 g/mol. The minimum Gasteiger partial charge on any atom is -0.317 e. The first-order valence-electron chi connectivity index (χ1n) is 10.6. The van der Waals surface area contributed by atoms with Crippen molar-refractivity contribution in [3.05, 3.63) is 58.3 Å². The molecule has 158 valence electrons. The van der Waals surface area contributed by atoms with E-state index in [-0.39, 0.29) is 5.56 Å². The predicted molar refractivity (Wildman–Crippen MR) is 122 cm³/mol. The summed E-state index contributed by atoms with van der Waals surface area (Å²) in [5, 5.41) is 15.6. The van der Waals surface area contributed by atoms with Gasteiger partial charge in [0, 0.05) is 10.9 Å². The summed E-state index contributed by atoms with van der Waals surface area (Å²) in [5.74, 6) is 0. The van der Waals surface area contributed by atoms with Crippen molar-refractivity contribution in [3.8, 4) is 11.3 Å². The lowest BCUT2D eigenvalue weighted by atomic mass is 10.1. The number of hydrogen-bond acceptors (Lipinski definition) is 5. The summed E-state index contributed by atoms with van der Waals surface area (Å²) >= 11 is 0. The number of aryl methyl sites for hydroxylation is 2. The van der Waals surface area contributed by atoms with Crippen molar-refractivity contribution in [1.29, 1.82) is 0 Å². The van der Waals surface area contributed by atoms with Gasteiger partial charge in [-0.05, 0) is 63.5 Å². The van der Waals surface area contributed by atoms with Crippen LogP contribution in [-0.2, 0) is 0 Å². The summed E-state index contributed by atoms with van der Waals surface area (Å²) in [6, 6.07) is 7.62. The number of H-pyrrole nitrogens is 1. The third-order valence-electron chi connectivity index (χ3n) is 4.90. The molecular formula is C23H30N6O. The number of imidazole rings is 1. The van der Waals surface area contributed by atoms with E-state index in [1.54, 1.807) is 16.8 Å². The minimum atomic E-state index is -0.186. The molecule has 0 unspecified atom stereocenters. The van der Waals surface area contributed by atoms with E-state index in [1.165, 1.54) is 32.4 Å². The zero-order chi connectivity index (χ0) is 21.5. The van der Waals surface area contributed by atoms with Gasteiger partial charge in [-0.25, -0.2) is 14.6 Å². The standard InChI is InChI=1S/C16H13N5O.C5H11N.C2H6/c1-9-5-14(20-21-8-10(2)18-15(9)21)11-3-4-13-12(6-11)7-17-19-16(13)22;1-2-4-6-5-3-1;1-2/h3-8H,1-2H3,(H,19,22);6H,1-5H2;1-2H3. The third-order valence-corrected chi connectivity index (χ3v) is 4.90. The summed E-state index contributed by atoms with van der Waals surface area (Å²) in [7, 11) is 0. The van der Waals surface area contributed by atoms with Crippen LogP contribution in [0.4, 0.5) is 0 Å². The maximum atomic E-state index is 11.7. The first kappa shape index (κ1) is 21.6. The van der Waals surface area contributed by atoms with E-state index in [2.05, 4.69) is 25.6 Å². The Kier molecular flexibility index (Phi) is 7.30. The smallest absolute Gasteiger partial charge is 0.272 e. The van der Waals surface area contributed by atoms with Crippen LogP contribution in [0.3, 0.4) is 0 Å². The van der Waals surface area contributed by atoms with Crippen LogP contribution in [0.1, 0.15) is 44.4 Å². The van der Waals surface area contributed by atoms with Crippen molar-refractivity contribution in [2.75, 3.05) is 13.1 Å². The van der Waals surface area contributed by atoms with Crippen LogP contribution in [-0.4, -0.2) is 37.9 Å². The highest BCUT2D eigenvalue weighted by Crippen LogP contribution is 2.23. The number of nitrogens with zero attached hydrogens (tertiary/aromatic N) is 4. The maximum Gasteiger partial charge on any atom is 0.272 e. The average molecular weight is 407 g/mol. The van der Waals surface area contributed by atoms with E-state index < -0.39 is 0 Å². The molecular weight excluding hydrogens is 376 g/mol. The summed E-state index contributed by atoms with van der Waals surface area (Å²) < 4.78 is 1.79. The fourth-order valence-electron chi connectivity index (χ4n) is 3.44. The van der Waals surface area contributed by atoms with Crippen LogP contribution in [0.15, 0.2) is 41.5 Å². The van der Waals surface area contributed by atoms with Gasteiger partial charge in [-0.15, -0.1) is 0 Å². The quantitative estimate of drug-likeness (QED) is 0.498. The van der Waals surface area contributed by atoms with Crippen molar-refractivity contribution in [2.45, 2.75) is 47.0 Å². The van der Waals surface area contributed by atoms with Gasteiger partial charge in [0.15, 0.2) is 5.65 Å². The zero-order valence-corrected chi connectivity index (χ0v) is 18.2. The van der Waals surface area contributed by atoms with E-state index in [9.17, 15) is 4.79 Å². The second-order valence-electron chi connectivity index (χ2n) is 7.17. The Morgan fingerprint density at radius 1 is 1.03 bits per heavy atom. The zero-order valence-electron chi connectivity index (χ0n) is 18.2. The van der Waals surface area contributed by atoms with Crippen LogP contribution >= 0.6 is 0 Å². The average Bonchev–Trinajstić information content (AvgIpc) is 3.18. The Morgan fingerprint density at radius 3 is 2.47 bits per heavy atom. The molecule has 2 N–H and O–H groups in total. The lowest BCUT2D eigenvalue weighted by Crippen LogP contribution is -2.21. The van der Waals surface area contributed by atoms with Gasteiger partial charge in [0.2, 0.25) is 0 Å². The highest BCUT2D eigenvalue weighted by Gasteiger charge is 2.08. The third kappa shape index (κ3) is 4.91. The lowest BCUT2D eigenvalue weighted by molar-refractivity contribution is 0.520. The topological polar surface area (TPSA) is 88.0 Å². The molecule has 1 fully saturated rings. The van der Waals surface area contributed by atoms with Crippen molar-refractivity contribution < 1.29 is 0 Å². The highest BCUT2D eigenvalue weighted by atomic mass is 16.1. The molecule has 4 aromatic rings. The second-order valence-corrected chi connectivity index (χ2v) is 7.17. The SMILES string of the molecule is C1CCNCC1.CC.Cc1cn2nc(-c3ccc4c(=O)[nH]ncc4c3)cc(C)c2n1. The van der Waals surface area contributed by atoms with Crippen LogP contribution in [0, 0.1) is 13.8 Å². The molecule has 5 rings (SSSR count). The number of benzene rings is 1. The van der Waals surface area contributed by atoms with Crippen molar-refractivity contribution in [2.24, 2.45) is 0 Å². The van der Waals surface area contributed by atoms with Gasteiger partial charge in [0.25, 0.3) is 5.56 Å². The van der Waals surface area contributed by atoms with Gasteiger partial charge in [-0.2, -0.15) is 10.2 Å². The molecule has 4 heterocycles. The fourth-order valence-corrected chi connectivity index (χ4v) is 3.44. The summed E-state index contributed by atoms with van der Waals surface area (Å²) in [5.41, 5.74) is 4.44. The van der Waals surface area contributed by atoms with Crippen molar-refractivity contribution in [1.82, 2.24) is 30.1 Å². The lowest BCUT2D eigenvalue weighted by Gasteiger charge is -2.08. The molecule has 0 spiro atoms. The Labute approximate surface area is 176 Å². The number of hydrogen-bond donors (Lipinski definition) is 2. The number of fused-ring (bicyclic) bond motifs is 2. The molecule has 0 amide bonds. The molecule has 0 atom stereocenters. The molecule has 1 aromatic carbocycles. The van der Waals surface area contributed by atoms with Gasteiger partial charge < -0.3 is 5.32 Å². The predicted octanol–water partition coefficient (Wildman–Crippen LogP) is 4.04. The normalized spacial score (nSPS) is 13.3. The van der Waals surface area contributed by atoms with Crippen molar-refractivity contribution >= 4 is 16.4 Å². The Hall–Kier alpha value is -3.06. The molecule has 1 saturated heterocycles. The fraction of sp³-hybridized carbons (Fsp3) is 0.391. The first-order valence-corrected chi connectivity index (χ1v) is 10.6. The Balaban J connectivity index is 0.000000273. The number of nitrogens with one attached hydrogen (secondary N) is 2. The van der Waals surface area contributed by atoms with Gasteiger partial charge in [0.05, 0.1) is 29.2 Å². The van der Waals surface area contributed by atoms with Gasteiger partial charge in [-0.1, -0.05) is 26.3 Å². The van der Waals surface area contributed by atoms with Gasteiger partial charge in [-0.3, -0.25) is 4.79 Å². The minimum absolute atomic E-state index is 0.186. The number of rotatable bonds is 1. The number of piperidine rings is 1. The molecule has 1 aliphatic heterocycles.